The standard InChI is InChI=1S/C19H20N6O5S/c1-13(18(26)21-15-5-4-6-17(11-15)31(28,29)24(2)3)30-19(27)14-7-9-16(10-8-14)25-12-20-22-23-25/h4-13H,1-3H3,(H,21,26). The summed E-state index contributed by atoms with van der Waals surface area (Å²) >= 11 is 0. The number of esters is 1. The summed E-state index contributed by atoms with van der Waals surface area (Å²) in [6.07, 6.45) is 0.305. The van der Waals surface area contributed by atoms with Crippen molar-refractivity contribution in [1.82, 2.24) is 24.5 Å². The Kier molecular flexibility index (Phi) is 6.42. The first-order valence-corrected chi connectivity index (χ1v) is 10.5. The average Bonchev–Trinajstić information content (AvgIpc) is 3.28. The predicted molar refractivity (Wildman–Crippen MR) is 110 cm³/mol. The van der Waals surface area contributed by atoms with Crippen LogP contribution in [-0.2, 0) is 19.6 Å². The van der Waals surface area contributed by atoms with Crippen molar-refractivity contribution < 1.29 is 22.7 Å². The van der Waals surface area contributed by atoms with Gasteiger partial charge in [0.15, 0.2) is 6.10 Å². The summed E-state index contributed by atoms with van der Waals surface area (Å²) < 4.78 is 32.2. The van der Waals surface area contributed by atoms with Crippen LogP contribution in [-0.4, -0.2) is 65.0 Å². The lowest BCUT2D eigenvalue weighted by Crippen LogP contribution is -2.30. The molecule has 1 amide bonds. The molecule has 12 heteroatoms. The number of carbonyl (C=O) groups is 2. The second-order valence-electron chi connectivity index (χ2n) is 6.65. The molecule has 1 N–H and O–H groups in total. The third kappa shape index (κ3) is 5.10. The summed E-state index contributed by atoms with van der Waals surface area (Å²) in [5, 5.41) is 13.4. The van der Waals surface area contributed by atoms with E-state index in [1.54, 1.807) is 18.2 Å². The molecule has 0 spiro atoms. The summed E-state index contributed by atoms with van der Waals surface area (Å²) in [7, 11) is -0.819. The van der Waals surface area contributed by atoms with E-state index in [0.29, 0.717) is 5.69 Å². The van der Waals surface area contributed by atoms with Gasteiger partial charge in [-0.15, -0.1) is 5.10 Å². The number of hydrogen-bond donors (Lipinski definition) is 1. The van der Waals surface area contributed by atoms with E-state index < -0.39 is 28.0 Å². The quantitative estimate of drug-likeness (QED) is 0.535. The minimum atomic E-state index is -3.65. The molecule has 162 valence electrons. The van der Waals surface area contributed by atoms with Gasteiger partial charge in [0.25, 0.3) is 5.91 Å². The van der Waals surface area contributed by atoms with Crippen LogP contribution < -0.4 is 5.32 Å². The molecule has 2 aromatic carbocycles. The molecule has 0 aliphatic rings. The molecule has 1 aromatic heterocycles. The van der Waals surface area contributed by atoms with Crippen molar-refractivity contribution in [2.45, 2.75) is 17.9 Å². The van der Waals surface area contributed by atoms with Gasteiger partial charge in [-0.1, -0.05) is 6.07 Å². The van der Waals surface area contributed by atoms with Gasteiger partial charge in [-0.25, -0.2) is 22.2 Å². The Morgan fingerprint density at radius 3 is 2.45 bits per heavy atom. The summed E-state index contributed by atoms with van der Waals surface area (Å²) in [6, 6.07) is 12.1. The molecule has 0 bridgehead atoms. The molecule has 0 aliphatic heterocycles. The van der Waals surface area contributed by atoms with Crippen molar-refractivity contribution in [1.29, 1.82) is 0 Å². The van der Waals surface area contributed by atoms with E-state index in [-0.39, 0.29) is 16.1 Å². The molecular weight excluding hydrogens is 424 g/mol. The zero-order chi connectivity index (χ0) is 22.6. The highest BCUT2D eigenvalue weighted by Crippen LogP contribution is 2.18. The largest absolute Gasteiger partial charge is 0.449 e. The highest BCUT2D eigenvalue weighted by atomic mass is 32.2. The number of benzene rings is 2. The number of carbonyl (C=O) groups excluding carboxylic acids is 2. The Hall–Kier alpha value is -3.64. The molecule has 1 heterocycles. The van der Waals surface area contributed by atoms with Crippen LogP contribution in [0.3, 0.4) is 0 Å². The molecule has 31 heavy (non-hydrogen) atoms. The van der Waals surface area contributed by atoms with Crippen LogP contribution in [0.5, 0.6) is 0 Å². The third-order valence-electron chi connectivity index (χ3n) is 4.25. The van der Waals surface area contributed by atoms with Gasteiger partial charge in [0.2, 0.25) is 10.0 Å². The van der Waals surface area contributed by atoms with Gasteiger partial charge < -0.3 is 10.1 Å². The first-order valence-electron chi connectivity index (χ1n) is 9.06. The molecule has 0 radical (unpaired) electrons. The van der Waals surface area contributed by atoms with Crippen LogP contribution in [0, 0.1) is 0 Å². The first-order chi connectivity index (χ1) is 14.7. The lowest BCUT2D eigenvalue weighted by molar-refractivity contribution is -0.123. The Labute approximate surface area is 178 Å². The zero-order valence-corrected chi connectivity index (χ0v) is 17.8. The SMILES string of the molecule is CC(OC(=O)c1ccc(-n2cnnn2)cc1)C(=O)Nc1cccc(S(=O)(=O)N(C)C)c1. The maximum atomic E-state index is 12.4. The minimum Gasteiger partial charge on any atom is -0.449 e. The van der Waals surface area contributed by atoms with Gasteiger partial charge in [-0.05, 0) is 59.8 Å². The maximum Gasteiger partial charge on any atom is 0.338 e. The number of ether oxygens (including phenoxy) is 1. The van der Waals surface area contributed by atoms with Crippen molar-refractivity contribution in [3.8, 4) is 5.69 Å². The molecule has 11 nitrogen and oxygen atoms in total. The monoisotopic (exact) mass is 444 g/mol. The average molecular weight is 444 g/mol. The van der Waals surface area contributed by atoms with E-state index in [9.17, 15) is 18.0 Å². The second-order valence-corrected chi connectivity index (χ2v) is 8.81. The summed E-state index contributed by atoms with van der Waals surface area (Å²) in [4.78, 5) is 24.8. The molecule has 0 saturated carbocycles. The Bertz CT molecular complexity index is 1180. The fourth-order valence-corrected chi connectivity index (χ4v) is 3.45. The lowest BCUT2D eigenvalue weighted by atomic mass is 10.2. The number of amides is 1. The normalized spacial score (nSPS) is 12.4. The van der Waals surface area contributed by atoms with Crippen LogP contribution in [0.1, 0.15) is 17.3 Å². The van der Waals surface area contributed by atoms with Gasteiger partial charge in [0, 0.05) is 19.8 Å². The van der Waals surface area contributed by atoms with E-state index in [4.69, 9.17) is 4.74 Å². The number of aromatic nitrogens is 4. The fraction of sp³-hybridized carbons (Fsp3) is 0.211. The minimum absolute atomic E-state index is 0.0302. The van der Waals surface area contributed by atoms with Gasteiger partial charge in [0.1, 0.15) is 6.33 Å². The number of rotatable bonds is 7. The number of tetrazole rings is 1. The smallest absolute Gasteiger partial charge is 0.338 e. The van der Waals surface area contributed by atoms with Crippen molar-refractivity contribution in [3.63, 3.8) is 0 Å². The Morgan fingerprint density at radius 1 is 1.13 bits per heavy atom. The van der Waals surface area contributed by atoms with Crippen molar-refractivity contribution >= 4 is 27.6 Å². The summed E-state index contributed by atoms with van der Waals surface area (Å²) in [5.74, 6) is -1.28. The zero-order valence-electron chi connectivity index (χ0n) is 17.0. The molecule has 3 aromatic rings. The van der Waals surface area contributed by atoms with Gasteiger partial charge in [-0.2, -0.15) is 0 Å². The van der Waals surface area contributed by atoms with E-state index in [1.807, 2.05) is 0 Å². The van der Waals surface area contributed by atoms with Crippen molar-refractivity contribution in [2.24, 2.45) is 0 Å². The topological polar surface area (TPSA) is 136 Å². The van der Waals surface area contributed by atoms with Crippen LogP contribution in [0.25, 0.3) is 5.69 Å². The number of nitrogens with one attached hydrogen (secondary N) is 1. The van der Waals surface area contributed by atoms with Crippen LogP contribution in [0.2, 0.25) is 0 Å². The molecule has 0 aliphatic carbocycles. The lowest BCUT2D eigenvalue weighted by Gasteiger charge is -2.15. The first kappa shape index (κ1) is 22.1. The van der Waals surface area contributed by atoms with E-state index in [2.05, 4.69) is 20.8 Å². The predicted octanol–water partition coefficient (Wildman–Crippen LogP) is 1.10. The summed E-state index contributed by atoms with van der Waals surface area (Å²) in [6.45, 7) is 1.42. The Morgan fingerprint density at radius 2 is 1.84 bits per heavy atom. The summed E-state index contributed by atoms with van der Waals surface area (Å²) in [5.41, 5.74) is 1.16. The maximum absolute atomic E-state index is 12.4. The van der Waals surface area contributed by atoms with Crippen LogP contribution >= 0.6 is 0 Å². The van der Waals surface area contributed by atoms with E-state index >= 15 is 0 Å². The molecular formula is C19H20N6O5S. The Balaban J connectivity index is 1.64. The van der Waals surface area contributed by atoms with Crippen molar-refractivity contribution in [2.75, 3.05) is 19.4 Å². The highest BCUT2D eigenvalue weighted by molar-refractivity contribution is 7.89. The van der Waals surface area contributed by atoms with Gasteiger partial charge in [0.05, 0.1) is 16.1 Å². The fourth-order valence-electron chi connectivity index (χ4n) is 2.50. The number of anilines is 1. The number of nitrogens with zero attached hydrogens (tertiary/aromatic N) is 5. The van der Waals surface area contributed by atoms with E-state index in [0.717, 1.165) is 4.31 Å². The van der Waals surface area contributed by atoms with Gasteiger partial charge in [-0.3, -0.25) is 4.79 Å². The second kappa shape index (κ2) is 9.02. The van der Waals surface area contributed by atoms with E-state index in [1.165, 1.54) is 62.4 Å². The van der Waals surface area contributed by atoms with Crippen LogP contribution in [0.4, 0.5) is 5.69 Å². The highest BCUT2D eigenvalue weighted by Gasteiger charge is 2.21. The number of sulfonamides is 1. The molecule has 3 rings (SSSR count). The van der Waals surface area contributed by atoms with Gasteiger partial charge >= 0.3 is 5.97 Å². The molecule has 0 saturated heterocycles. The molecule has 0 fully saturated rings. The molecule has 1 unspecified atom stereocenters. The third-order valence-corrected chi connectivity index (χ3v) is 6.06. The van der Waals surface area contributed by atoms with Crippen molar-refractivity contribution in [3.05, 3.63) is 60.4 Å². The van der Waals surface area contributed by atoms with Crippen LogP contribution in [0.15, 0.2) is 59.8 Å². The molecule has 1 atom stereocenters. The number of hydrogen-bond acceptors (Lipinski definition) is 8.